The molecule has 0 aromatic carbocycles. The van der Waals surface area contributed by atoms with E-state index >= 15 is 0 Å². The number of nitrogens with two attached hydrogens (primary N) is 1. The van der Waals surface area contributed by atoms with E-state index in [1.165, 1.54) is 17.1 Å². The Balaban J connectivity index is 2.01. The second-order valence-electron chi connectivity index (χ2n) is 7.76. The smallest absolute Gasteiger partial charge is 0.319 e. The van der Waals surface area contributed by atoms with Gasteiger partial charge in [0.2, 0.25) is 5.91 Å². The number of primary amides is 1. The molecule has 1 fully saturated rings. The fourth-order valence-corrected chi connectivity index (χ4v) is 4.08. The van der Waals surface area contributed by atoms with E-state index in [9.17, 15) is 14.7 Å². The highest BCUT2D eigenvalue weighted by Crippen LogP contribution is 2.43. The van der Waals surface area contributed by atoms with Gasteiger partial charge < -0.3 is 21.5 Å². The Kier molecular flexibility index (Phi) is 5.17. The molecule has 1 saturated carbocycles. The summed E-state index contributed by atoms with van der Waals surface area (Å²) >= 11 is 0. The predicted octanol–water partition coefficient (Wildman–Crippen LogP) is 1.07. The zero-order valence-corrected chi connectivity index (χ0v) is 14.5. The highest BCUT2D eigenvalue weighted by Gasteiger charge is 2.43. The normalized spacial score (nSPS) is 25.9. The van der Waals surface area contributed by atoms with Gasteiger partial charge in [0.05, 0.1) is 24.0 Å². The van der Waals surface area contributed by atoms with E-state index in [1.807, 2.05) is 0 Å². The highest BCUT2D eigenvalue weighted by molar-refractivity contribution is 5.89. The van der Waals surface area contributed by atoms with Crippen molar-refractivity contribution in [2.24, 2.45) is 17.1 Å². The Morgan fingerprint density at radius 3 is 2.75 bits per heavy atom. The molecular formula is C16H27N5O3. The molecule has 2 atom stereocenters. The third-order valence-corrected chi connectivity index (χ3v) is 4.35. The monoisotopic (exact) mass is 337 g/mol. The molecule has 8 nitrogen and oxygen atoms in total. The lowest BCUT2D eigenvalue weighted by Gasteiger charge is -2.47. The minimum Gasteiger partial charge on any atom is -0.394 e. The van der Waals surface area contributed by atoms with Gasteiger partial charge in [-0.05, 0) is 30.6 Å². The Morgan fingerprint density at radius 2 is 2.17 bits per heavy atom. The Bertz CT molecular complexity index is 613. The molecule has 1 aliphatic carbocycles. The van der Waals surface area contributed by atoms with E-state index in [-0.39, 0.29) is 18.6 Å². The molecule has 24 heavy (non-hydrogen) atoms. The number of hydrogen-bond donors (Lipinski definition) is 4. The van der Waals surface area contributed by atoms with E-state index < -0.39 is 17.5 Å². The summed E-state index contributed by atoms with van der Waals surface area (Å²) in [7, 11) is 0. The number of carbonyl (C=O) groups excluding carboxylic acids is 2. The summed E-state index contributed by atoms with van der Waals surface area (Å²) in [5, 5.41) is 19.5. The number of aliphatic hydroxyl groups excluding tert-OH is 1. The third-order valence-electron chi connectivity index (χ3n) is 4.35. The van der Waals surface area contributed by atoms with Crippen LogP contribution in [0.15, 0.2) is 12.4 Å². The number of aliphatic hydroxyl groups is 1. The molecule has 3 amide bonds. The van der Waals surface area contributed by atoms with Crippen LogP contribution in [0.3, 0.4) is 0 Å². The molecule has 0 unspecified atom stereocenters. The van der Waals surface area contributed by atoms with Crippen molar-refractivity contribution in [3.8, 4) is 0 Å². The summed E-state index contributed by atoms with van der Waals surface area (Å²) < 4.78 is 1.35. The van der Waals surface area contributed by atoms with Crippen LogP contribution in [-0.2, 0) is 11.3 Å². The van der Waals surface area contributed by atoms with Crippen LogP contribution in [0.25, 0.3) is 0 Å². The van der Waals surface area contributed by atoms with Gasteiger partial charge in [-0.15, -0.1) is 0 Å². The number of rotatable bonds is 5. The molecule has 134 valence electrons. The van der Waals surface area contributed by atoms with Gasteiger partial charge in [0.25, 0.3) is 0 Å². The fourth-order valence-electron chi connectivity index (χ4n) is 4.08. The van der Waals surface area contributed by atoms with E-state index in [0.717, 1.165) is 19.3 Å². The molecule has 0 aliphatic heterocycles. The third kappa shape index (κ3) is 4.70. The molecule has 8 heteroatoms. The molecule has 2 rings (SSSR count). The van der Waals surface area contributed by atoms with Crippen LogP contribution >= 0.6 is 0 Å². The van der Waals surface area contributed by atoms with Gasteiger partial charge in [0.15, 0.2) is 0 Å². The lowest BCUT2D eigenvalue weighted by Crippen LogP contribution is -2.58. The summed E-state index contributed by atoms with van der Waals surface area (Å²) in [6, 6.07) is -0.396. The van der Waals surface area contributed by atoms with Gasteiger partial charge in [-0.1, -0.05) is 20.8 Å². The van der Waals surface area contributed by atoms with Crippen molar-refractivity contribution in [1.82, 2.24) is 15.1 Å². The maximum atomic E-state index is 12.3. The average Bonchev–Trinajstić information content (AvgIpc) is 2.82. The van der Waals surface area contributed by atoms with Crippen LogP contribution < -0.4 is 16.4 Å². The lowest BCUT2D eigenvalue weighted by atomic mass is 9.64. The first-order valence-corrected chi connectivity index (χ1v) is 8.14. The summed E-state index contributed by atoms with van der Waals surface area (Å²) in [6.45, 7) is 6.30. The summed E-state index contributed by atoms with van der Waals surface area (Å²) in [5.41, 5.74) is 4.99. The Hall–Kier alpha value is -2.09. The molecular weight excluding hydrogens is 310 g/mol. The van der Waals surface area contributed by atoms with Crippen LogP contribution in [0.5, 0.6) is 0 Å². The molecule has 1 aromatic heterocycles. The molecule has 1 heterocycles. The molecule has 0 saturated heterocycles. The number of hydrogen-bond acceptors (Lipinski definition) is 4. The second kappa shape index (κ2) is 6.80. The van der Waals surface area contributed by atoms with E-state index in [0.29, 0.717) is 11.6 Å². The number of nitrogens with one attached hydrogen (secondary N) is 2. The average molecular weight is 337 g/mol. The van der Waals surface area contributed by atoms with Gasteiger partial charge >= 0.3 is 6.03 Å². The van der Waals surface area contributed by atoms with Gasteiger partial charge in [-0.25, -0.2) is 4.79 Å². The SMILES string of the molecule is C[C@@H]1CC(C)(C)C[C@](CO)(NC(=O)Nc2cnn(CC(N)=O)c2)C1. The van der Waals surface area contributed by atoms with Crippen molar-refractivity contribution < 1.29 is 14.7 Å². The van der Waals surface area contributed by atoms with Crippen LogP contribution in [-0.4, -0.2) is 39.0 Å². The predicted molar refractivity (Wildman–Crippen MR) is 90.2 cm³/mol. The zero-order valence-electron chi connectivity index (χ0n) is 14.5. The van der Waals surface area contributed by atoms with Crippen LogP contribution in [0, 0.1) is 11.3 Å². The van der Waals surface area contributed by atoms with Gasteiger partial charge in [-0.3, -0.25) is 9.48 Å². The van der Waals surface area contributed by atoms with Crippen molar-refractivity contribution in [3.63, 3.8) is 0 Å². The molecule has 0 spiro atoms. The quantitative estimate of drug-likeness (QED) is 0.642. The van der Waals surface area contributed by atoms with Crippen molar-refractivity contribution in [1.29, 1.82) is 0 Å². The standard InChI is InChI=1S/C16H27N5O3/c1-11-4-15(2,3)9-16(5-11,10-22)20-14(24)19-12-6-18-21(7-12)8-13(17)23/h6-7,11,22H,4-5,8-10H2,1-3H3,(H2,17,23)(H2,19,20,24)/t11-,16-/m1/s1. The fraction of sp³-hybridized carbons (Fsp3) is 0.688. The lowest BCUT2D eigenvalue weighted by molar-refractivity contribution is -0.118. The number of anilines is 1. The van der Waals surface area contributed by atoms with Crippen LogP contribution in [0.2, 0.25) is 0 Å². The molecule has 0 radical (unpaired) electrons. The van der Waals surface area contributed by atoms with Crippen LogP contribution in [0.1, 0.15) is 40.0 Å². The largest absolute Gasteiger partial charge is 0.394 e. The van der Waals surface area contributed by atoms with Crippen molar-refractivity contribution in [3.05, 3.63) is 12.4 Å². The molecule has 5 N–H and O–H groups in total. The minimum absolute atomic E-state index is 0.0461. The van der Waals surface area contributed by atoms with E-state index in [1.54, 1.807) is 0 Å². The Labute approximate surface area is 141 Å². The topological polar surface area (TPSA) is 122 Å². The molecule has 1 aliphatic rings. The Morgan fingerprint density at radius 1 is 1.46 bits per heavy atom. The number of aromatic nitrogens is 2. The highest BCUT2D eigenvalue weighted by atomic mass is 16.3. The molecule has 0 bridgehead atoms. The molecule has 1 aromatic rings. The van der Waals surface area contributed by atoms with Crippen molar-refractivity contribution in [2.75, 3.05) is 11.9 Å². The van der Waals surface area contributed by atoms with Crippen LogP contribution in [0.4, 0.5) is 10.5 Å². The maximum Gasteiger partial charge on any atom is 0.319 e. The van der Waals surface area contributed by atoms with Gasteiger partial charge in [0, 0.05) is 6.20 Å². The number of nitrogens with zero attached hydrogens (tertiary/aromatic N) is 2. The van der Waals surface area contributed by atoms with Gasteiger partial charge in [-0.2, -0.15) is 5.10 Å². The number of urea groups is 1. The first-order chi connectivity index (χ1) is 11.1. The summed E-state index contributed by atoms with van der Waals surface area (Å²) in [6.07, 6.45) is 5.50. The number of amides is 3. The zero-order chi connectivity index (χ0) is 18.0. The van der Waals surface area contributed by atoms with E-state index in [2.05, 4.69) is 36.5 Å². The maximum absolute atomic E-state index is 12.3. The number of carbonyl (C=O) groups is 2. The van der Waals surface area contributed by atoms with Crippen molar-refractivity contribution >= 4 is 17.6 Å². The first-order valence-electron chi connectivity index (χ1n) is 8.14. The van der Waals surface area contributed by atoms with Gasteiger partial charge in [0.1, 0.15) is 6.54 Å². The minimum atomic E-state index is -0.630. The summed E-state index contributed by atoms with van der Waals surface area (Å²) in [4.78, 5) is 23.2. The second-order valence-corrected chi connectivity index (χ2v) is 7.76. The first kappa shape index (κ1) is 18.3. The van der Waals surface area contributed by atoms with Crippen molar-refractivity contribution in [2.45, 2.75) is 52.1 Å². The van der Waals surface area contributed by atoms with E-state index in [4.69, 9.17) is 5.73 Å². The summed E-state index contributed by atoms with van der Waals surface area (Å²) in [5.74, 6) is -0.0914.